The normalized spacial score (nSPS) is 10.3. The number of methoxy groups -OCH3 is 1. The molecule has 23 heavy (non-hydrogen) atoms. The van der Waals surface area contributed by atoms with Crippen LogP contribution in [0, 0.1) is 21.7 Å². The number of nitro benzene ring substituents is 1. The first-order valence-electron chi connectivity index (χ1n) is 6.12. The maximum atomic E-state index is 13.3. The van der Waals surface area contributed by atoms with E-state index in [4.69, 9.17) is 16.3 Å². The predicted octanol–water partition coefficient (Wildman–Crippen LogP) is 3.79. The van der Waals surface area contributed by atoms with Crippen LogP contribution in [-0.4, -0.2) is 17.9 Å². The highest BCUT2D eigenvalue weighted by molar-refractivity contribution is 6.32. The second-order valence-electron chi connectivity index (χ2n) is 4.32. The zero-order valence-corrected chi connectivity index (χ0v) is 12.4. The average molecular weight is 343 g/mol. The number of nitrogens with zero attached hydrogens (tertiary/aromatic N) is 1. The third kappa shape index (κ3) is 3.37. The minimum absolute atomic E-state index is 0.129. The number of anilines is 1. The Kier molecular flexibility index (Phi) is 4.75. The summed E-state index contributed by atoms with van der Waals surface area (Å²) in [6.45, 7) is 0. The number of para-hydroxylation sites is 1. The SMILES string of the molecule is COc1c(Cl)cccc1NC(=O)c1cc(F)c(F)cc1[N+](=O)[O-]. The van der Waals surface area contributed by atoms with Crippen molar-refractivity contribution in [3.63, 3.8) is 0 Å². The fraction of sp³-hybridized carbons (Fsp3) is 0.0714. The Bertz CT molecular complexity index is 799. The molecule has 0 fully saturated rings. The molecule has 0 saturated heterocycles. The first-order valence-corrected chi connectivity index (χ1v) is 6.50. The largest absolute Gasteiger partial charge is 0.493 e. The molecule has 9 heteroatoms. The van der Waals surface area contributed by atoms with E-state index in [1.807, 2.05) is 0 Å². The van der Waals surface area contributed by atoms with Crippen molar-refractivity contribution in [3.8, 4) is 5.75 Å². The molecule has 0 saturated carbocycles. The quantitative estimate of drug-likeness (QED) is 0.677. The van der Waals surface area contributed by atoms with Crippen LogP contribution in [0.2, 0.25) is 5.02 Å². The van der Waals surface area contributed by atoms with E-state index in [1.165, 1.54) is 25.3 Å². The Hall–Kier alpha value is -2.74. The second-order valence-corrected chi connectivity index (χ2v) is 4.72. The predicted molar refractivity (Wildman–Crippen MR) is 79.0 cm³/mol. The molecule has 0 aliphatic carbocycles. The van der Waals surface area contributed by atoms with Gasteiger partial charge in [0.1, 0.15) is 5.56 Å². The summed E-state index contributed by atoms with van der Waals surface area (Å²) in [5.41, 5.74) is -1.36. The number of amides is 1. The molecule has 0 atom stereocenters. The summed E-state index contributed by atoms with van der Waals surface area (Å²) >= 11 is 5.89. The Balaban J connectivity index is 2.44. The van der Waals surface area contributed by atoms with Gasteiger partial charge < -0.3 is 10.1 Å². The van der Waals surface area contributed by atoms with Gasteiger partial charge >= 0.3 is 0 Å². The number of nitro groups is 1. The van der Waals surface area contributed by atoms with E-state index >= 15 is 0 Å². The number of halogens is 3. The van der Waals surface area contributed by atoms with Gasteiger partial charge in [0.2, 0.25) is 0 Å². The second kappa shape index (κ2) is 6.57. The van der Waals surface area contributed by atoms with Gasteiger partial charge in [0.25, 0.3) is 11.6 Å². The topological polar surface area (TPSA) is 81.5 Å². The van der Waals surface area contributed by atoms with Crippen molar-refractivity contribution in [1.82, 2.24) is 0 Å². The smallest absolute Gasteiger partial charge is 0.285 e. The van der Waals surface area contributed by atoms with Crippen molar-refractivity contribution in [1.29, 1.82) is 0 Å². The van der Waals surface area contributed by atoms with Crippen molar-refractivity contribution < 1.29 is 23.2 Å². The summed E-state index contributed by atoms with van der Waals surface area (Å²) < 4.78 is 31.5. The van der Waals surface area contributed by atoms with Gasteiger partial charge in [-0.15, -0.1) is 0 Å². The molecule has 2 rings (SSSR count). The van der Waals surface area contributed by atoms with Crippen LogP contribution in [0.15, 0.2) is 30.3 Å². The van der Waals surface area contributed by atoms with Crippen molar-refractivity contribution >= 4 is 28.9 Å². The Morgan fingerprint density at radius 2 is 1.96 bits per heavy atom. The molecule has 0 bridgehead atoms. The van der Waals surface area contributed by atoms with Gasteiger partial charge in [0.05, 0.1) is 28.8 Å². The zero-order chi connectivity index (χ0) is 17.1. The van der Waals surface area contributed by atoms with Gasteiger partial charge in [-0.2, -0.15) is 0 Å². The molecule has 0 aromatic heterocycles. The number of carbonyl (C=O) groups is 1. The lowest BCUT2D eigenvalue weighted by Crippen LogP contribution is -2.15. The minimum atomic E-state index is -1.42. The highest BCUT2D eigenvalue weighted by atomic mass is 35.5. The van der Waals surface area contributed by atoms with E-state index in [-0.39, 0.29) is 16.5 Å². The van der Waals surface area contributed by atoms with E-state index in [9.17, 15) is 23.7 Å². The lowest BCUT2D eigenvalue weighted by atomic mass is 10.1. The molecule has 0 aliphatic heterocycles. The highest BCUT2D eigenvalue weighted by Crippen LogP contribution is 2.33. The van der Waals surface area contributed by atoms with Gasteiger partial charge in [0, 0.05) is 0 Å². The zero-order valence-electron chi connectivity index (χ0n) is 11.6. The van der Waals surface area contributed by atoms with Crippen molar-refractivity contribution in [3.05, 3.63) is 62.7 Å². The van der Waals surface area contributed by atoms with Gasteiger partial charge in [-0.3, -0.25) is 14.9 Å². The Morgan fingerprint density at radius 3 is 2.57 bits per heavy atom. The molecule has 2 aromatic rings. The molecule has 2 aromatic carbocycles. The minimum Gasteiger partial charge on any atom is -0.493 e. The summed E-state index contributed by atoms with van der Waals surface area (Å²) in [7, 11) is 1.32. The lowest BCUT2D eigenvalue weighted by Gasteiger charge is -2.11. The van der Waals surface area contributed by atoms with Gasteiger partial charge in [-0.05, 0) is 18.2 Å². The van der Waals surface area contributed by atoms with Crippen molar-refractivity contribution in [2.24, 2.45) is 0 Å². The van der Waals surface area contributed by atoms with Crippen molar-refractivity contribution in [2.75, 3.05) is 12.4 Å². The number of hydrogen-bond donors (Lipinski definition) is 1. The molecule has 0 spiro atoms. The molecule has 6 nitrogen and oxygen atoms in total. The van der Waals surface area contributed by atoms with Crippen LogP contribution in [0.3, 0.4) is 0 Å². The van der Waals surface area contributed by atoms with E-state index in [1.54, 1.807) is 0 Å². The number of hydrogen-bond acceptors (Lipinski definition) is 4. The van der Waals surface area contributed by atoms with E-state index in [0.717, 1.165) is 0 Å². The summed E-state index contributed by atoms with van der Waals surface area (Å²) in [5, 5.41) is 13.4. The monoisotopic (exact) mass is 342 g/mol. The molecule has 0 radical (unpaired) electrons. The molecule has 120 valence electrons. The van der Waals surface area contributed by atoms with Gasteiger partial charge in [-0.25, -0.2) is 8.78 Å². The molecule has 0 aliphatic rings. The molecular weight excluding hydrogens is 334 g/mol. The molecule has 0 unspecified atom stereocenters. The van der Waals surface area contributed by atoms with E-state index in [0.29, 0.717) is 12.1 Å². The third-order valence-corrected chi connectivity index (χ3v) is 3.20. The number of carbonyl (C=O) groups excluding carboxylic acids is 1. The number of rotatable bonds is 4. The van der Waals surface area contributed by atoms with Crippen LogP contribution < -0.4 is 10.1 Å². The average Bonchev–Trinajstić information content (AvgIpc) is 2.49. The summed E-state index contributed by atoms with van der Waals surface area (Å²) in [4.78, 5) is 22.1. The van der Waals surface area contributed by atoms with E-state index in [2.05, 4.69) is 5.32 Å². The molecule has 1 N–H and O–H groups in total. The Morgan fingerprint density at radius 1 is 1.30 bits per heavy atom. The maximum Gasteiger partial charge on any atom is 0.285 e. The fourth-order valence-corrected chi connectivity index (χ4v) is 2.13. The Labute approximate surface area is 133 Å². The summed E-state index contributed by atoms with van der Waals surface area (Å²) in [6, 6.07) is 5.27. The number of nitrogens with one attached hydrogen (secondary N) is 1. The van der Waals surface area contributed by atoms with Gasteiger partial charge in [-0.1, -0.05) is 17.7 Å². The standard InChI is InChI=1S/C14H9ClF2N2O4/c1-23-13-8(15)3-2-4-11(13)18-14(20)7-5-9(16)10(17)6-12(7)19(21)22/h2-6H,1H3,(H,18,20). The molecule has 1 amide bonds. The number of ether oxygens (including phenoxy) is 1. The lowest BCUT2D eigenvalue weighted by molar-refractivity contribution is -0.385. The van der Waals surface area contributed by atoms with Crippen molar-refractivity contribution in [2.45, 2.75) is 0 Å². The van der Waals surface area contributed by atoms with Crippen LogP contribution in [-0.2, 0) is 0 Å². The maximum absolute atomic E-state index is 13.3. The van der Waals surface area contributed by atoms with Crippen LogP contribution >= 0.6 is 11.6 Å². The molecule has 0 heterocycles. The highest BCUT2D eigenvalue weighted by Gasteiger charge is 2.24. The van der Waals surface area contributed by atoms with E-state index < -0.39 is 33.7 Å². The van der Waals surface area contributed by atoms with Crippen LogP contribution in [0.5, 0.6) is 5.75 Å². The van der Waals surface area contributed by atoms with Crippen LogP contribution in [0.1, 0.15) is 10.4 Å². The molecular formula is C14H9ClF2N2O4. The summed E-state index contributed by atoms with van der Waals surface area (Å²) in [5.74, 6) is -3.67. The van der Waals surface area contributed by atoms with Gasteiger partial charge in [0.15, 0.2) is 17.4 Å². The third-order valence-electron chi connectivity index (χ3n) is 2.90. The van der Waals surface area contributed by atoms with Crippen LogP contribution in [0.4, 0.5) is 20.2 Å². The number of benzene rings is 2. The first kappa shape index (κ1) is 16.6. The summed E-state index contributed by atoms with van der Waals surface area (Å²) in [6.07, 6.45) is 0. The van der Waals surface area contributed by atoms with Crippen LogP contribution in [0.25, 0.3) is 0 Å². The first-order chi connectivity index (χ1) is 10.8. The fourth-order valence-electron chi connectivity index (χ4n) is 1.87.